The minimum atomic E-state index is -0.507. The normalized spacial score (nSPS) is 10.0. The lowest BCUT2D eigenvalue weighted by molar-refractivity contribution is -0.115. The number of amides is 2. The Morgan fingerprint density at radius 1 is 1.09 bits per heavy atom. The second-order valence-electron chi connectivity index (χ2n) is 4.76. The first kappa shape index (κ1) is 17.0. The summed E-state index contributed by atoms with van der Waals surface area (Å²) in [5, 5.41) is 7.97. The third-order valence-corrected chi connectivity index (χ3v) is 3.57. The van der Waals surface area contributed by atoms with E-state index >= 15 is 0 Å². The highest BCUT2D eigenvalue weighted by Crippen LogP contribution is 2.22. The van der Waals surface area contributed by atoms with Gasteiger partial charge in [0.05, 0.1) is 17.9 Å². The zero-order valence-electron chi connectivity index (χ0n) is 12.3. The van der Waals surface area contributed by atoms with E-state index in [1.54, 1.807) is 18.2 Å². The van der Waals surface area contributed by atoms with E-state index in [0.29, 0.717) is 11.4 Å². The molecule has 0 heterocycles. The molecule has 2 aromatic rings. The number of rotatable bonds is 5. The number of hydrogen-bond acceptors (Lipinski definition) is 3. The third-order valence-electron chi connectivity index (χ3n) is 2.87. The van der Waals surface area contributed by atoms with E-state index in [4.69, 9.17) is 0 Å². The van der Waals surface area contributed by atoms with Gasteiger partial charge in [0.25, 0.3) is 0 Å². The van der Waals surface area contributed by atoms with Gasteiger partial charge < -0.3 is 16.0 Å². The van der Waals surface area contributed by atoms with Crippen LogP contribution in [0.2, 0.25) is 0 Å². The number of halogens is 2. The maximum Gasteiger partial charge on any atom is 0.243 e. The van der Waals surface area contributed by atoms with Crippen LogP contribution >= 0.6 is 15.9 Å². The Morgan fingerprint density at radius 3 is 2.52 bits per heavy atom. The first-order valence-electron chi connectivity index (χ1n) is 6.81. The highest BCUT2D eigenvalue weighted by atomic mass is 79.9. The van der Waals surface area contributed by atoms with Crippen LogP contribution in [0.4, 0.5) is 21.5 Å². The quantitative estimate of drug-likeness (QED) is 0.743. The largest absolute Gasteiger partial charge is 0.374 e. The van der Waals surface area contributed by atoms with Gasteiger partial charge in [-0.05, 0) is 46.3 Å². The van der Waals surface area contributed by atoms with Crippen LogP contribution in [0.15, 0.2) is 46.9 Å². The highest BCUT2D eigenvalue weighted by molar-refractivity contribution is 9.10. The summed E-state index contributed by atoms with van der Waals surface area (Å²) in [4.78, 5) is 22.9. The molecule has 7 heteroatoms. The minimum Gasteiger partial charge on any atom is -0.374 e. The maximum absolute atomic E-state index is 13.7. The van der Waals surface area contributed by atoms with Crippen LogP contribution in [-0.2, 0) is 9.59 Å². The van der Waals surface area contributed by atoms with Crippen molar-refractivity contribution in [3.05, 3.63) is 52.8 Å². The molecule has 0 aliphatic heterocycles. The topological polar surface area (TPSA) is 70.2 Å². The van der Waals surface area contributed by atoms with Gasteiger partial charge in [0, 0.05) is 17.1 Å². The van der Waals surface area contributed by atoms with Crippen LogP contribution in [0, 0.1) is 5.82 Å². The molecule has 2 amide bonds. The molecule has 2 rings (SSSR count). The Hall–Kier alpha value is -2.41. The number of anilines is 3. The molecule has 120 valence electrons. The molecule has 0 aliphatic rings. The van der Waals surface area contributed by atoms with Crippen molar-refractivity contribution in [3.8, 4) is 0 Å². The maximum atomic E-state index is 13.7. The molecule has 23 heavy (non-hydrogen) atoms. The van der Waals surface area contributed by atoms with Crippen molar-refractivity contribution in [3.63, 3.8) is 0 Å². The highest BCUT2D eigenvalue weighted by Gasteiger charge is 2.08. The predicted octanol–water partition coefficient (Wildman–Crippen LogP) is 3.60. The molecule has 0 saturated heterocycles. The summed E-state index contributed by atoms with van der Waals surface area (Å²) < 4.78 is 14.5. The number of hydrogen-bond donors (Lipinski definition) is 3. The second kappa shape index (κ2) is 7.73. The Balaban J connectivity index is 1.98. The van der Waals surface area contributed by atoms with E-state index in [-0.39, 0.29) is 24.0 Å². The third kappa shape index (κ3) is 5.07. The van der Waals surface area contributed by atoms with Crippen LogP contribution in [0.3, 0.4) is 0 Å². The smallest absolute Gasteiger partial charge is 0.243 e. The van der Waals surface area contributed by atoms with Gasteiger partial charge in [-0.3, -0.25) is 9.59 Å². The Morgan fingerprint density at radius 2 is 1.83 bits per heavy atom. The van der Waals surface area contributed by atoms with E-state index in [9.17, 15) is 14.0 Å². The molecule has 0 aromatic heterocycles. The fourth-order valence-electron chi connectivity index (χ4n) is 1.87. The zero-order valence-corrected chi connectivity index (χ0v) is 13.9. The van der Waals surface area contributed by atoms with Crippen LogP contribution < -0.4 is 16.0 Å². The van der Waals surface area contributed by atoms with Gasteiger partial charge in [-0.15, -0.1) is 0 Å². The number of carbonyl (C=O) groups is 2. The molecular weight excluding hydrogens is 365 g/mol. The average molecular weight is 380 g/mol. The molecule has 0 radical (unpaired) electrons. The van der Waals surface area contributed by atoms with Crippen molar-refractivity contribution in [1.82, 2.24) is 0 Å². The van der Waals surface area contributed by atoms with Crippen LogP contribution in [0.25, 0.3) is 0 Å². The molecule has 0 spiro atoms. The molecule has 0 bridgehead atoms. The van der Waals surface area contributed by atoms with Crippen molar-refractivity contribution in [2.75, 3.05) is 22.5 Å². The number of para-hydroxylation sites is 1. The first-order chi connectivity index (χ1) is 11.0. The fourth-order valence-corrected chi connectivity index (χ4v) is 2.26. The van der Waals surface area contributed by atoms with Crippen LogP contribution in [0.5, 0.6) is 0 Å². The van der Waals surface area contributed by atoms with Gasteiger partial charge in [-0.25, -0.2) is 4.39 Å². The minimum absolute atomic E-state index is 0.109. The summed E-state index contributed by atoms with van der Waals surface area (Å²) in [5.74, 6) is -1.08. The summed E-state index contributed by atoms with van der Waals surface area (Å²) in [5.41, 5.74) is 1.22. The van der Waals surface area contributed by atoms with E-state index < -0.39 is 5.82 Å². The van der Waals surface area contributed by atoms with Crippen molar-refractivity contribution < 1.29 is 14.0 Å². The number of carbonyl (C=O) groups excluding carboxylic acids is 2. The lowest BCUT2D eigenvalue weighted by Gasteiger charge is -2.11. The molecule has 0 saturated carbocycles. The van der Waals surface area contributed by atoms with Gasteiger partial charge in [-0.2, -0.15) is 0 Å². The molecule has 0 fully saturated rings. The molecule has 0 aliphatic carbocycles. The standard InChI is InChI=1S/C16H15BrFN3O2/c1-10(22)20-11-6-7-13(18)15(8-11)19-9-16(23)21-14-5-3-2-4-12(14)17/h2-8,19H,9H2,1H3,(H,20,22)(H,21,23). The zero-order chi connectivity index (χ0) is 16.8. The van der Waals surface area contributed by atoms with Crippen LogP contribution in [0.1, 0.15) is 6.92 Å². The lowest BCUT2D eigenvalue weighted by Crippen LogP contribution is -2.22. The fraction of sp³-hybridized carbons (Fsp3) is 0.125. The monoisotopic (exact) mass is 379 g/mol. The van der Waals surface area contributed by atoms with Gasteiger partial charge in [0.2, 0.25) is 11.8 Å². The first-order valence-corrected chi connectivity index (χ1v) is 7.60. The molecule has 0 atom stereocenters. The van der Waals surface area contributed by atoms with Gasteiger partial charge in [0.1, 0.15) is 5.82 Å². The summed E-state index contributed by atoms with van der Waals surface area (Å²) >= 11 is 3.33. The summed E-state index contributed by atoms with van der Waals surface area (Å²) in [6.45, 7) is 1.25. The van der Waals surface area contributed by atoms with Gasteiger partial charge in [-0.1, -0.05) is 12.1 Å². The molecule has 5 nitrogen and oxygen atoms in total. The Bertz CT molecular complexity index is 737. The SMILES string of the molecule is CC(=O)Nc1ccc(F)c(NCC(=O)Nc2ccccc2Br)c1. The molecule has 3 N–H and O–H groups in total. The molecule has 2 aromatic carbocycles. The Kier molecular flexibility index (Phi) is 5.70. The van der Waals surface area contributed by atoms with Gasteiger partial charge >= 0.3 is 0 Å². The van der Waals surface area contributed by atoms with Gasteiger partial charge in [0.15, 0.2) is 0 Å². The molecular formula is C16H15BrFN3O2. The average Bonchev–Trinajstić information content (AvgIpc) is 2.49. The predicted molar refractivity (Wildman–Crippen MR) is 92.0 cm³/mol. The van der Waals surface area contributed by atoms with Crippen molar-refractivity contribution >= 4 is 44.8 Å². The second-order valence-corrected chi connectivity index (χ2v) is 5.61. The van der Waals surface area contributed by atoms with Crippen LogP contribution in [-0.4, -0.2) is 18.4 Å². The van der Waals surface area contributed by atoms with E-state index in [0.717, 1.165) is 4.47 Å². The Labute approximate surface area is 141 Å². The van der Waals surface area contributed by atoms with Crippen molar-refractivity contribution in [2.24, 2.45) is 0 Å². The number of benzene rings is 2. The van der Waals surface area contributed by atoms with Crippen molar-refractivity contribution in [1.29, 1.82) is 0 Å². The van der Waals surface area contributed by atoms with E-state index in [1.807, 2.05) is 6.07 Å². The summed E-state index contributed by atoms with van der Waals surface area (Å²) in [6, 6.07) is 11.3. The summed E-state index contributed by atoms with van der Waals surface area (Å²) in [7, 11) is 0. The van der Waals surface area contributed by atoms with Crippen molar-refractivity contribution in [2.45, 2.75) is 6.92 Å². The molecule has 0 unspecified atom stereocenters. The lowest BCUT2D eigenvalue weighted by atomic mass is 10.2. The summed E-state index contributed by atoms with van der Waals surface area (Å²) in [6.07, 6.45) is 0. The number of nitrogens with one attached hydrogen (secondary N) is 3. The van der Waals surface area contributed by atoms with E-state index in [2.05, 4.69) is 31.9 Å². The van der Waals surface area contributed by atoms with E-state index in [1.165, 1.54) is 25.1 Å².